The number of hydrogen-bond donors (Lipinski definition) is 0. The molecule has 0 unspecified atom stereocenters. The average Bonchev–Trinajstić information content (AvgIpc) is 2.74. The van der Waals surface area contributed by atoms with Gasteiger partial charge in [-0.05, 0) is 0 Å². The number of hydrogen-bond acceptors (Lipinski definition) is 2. The molecule has 0 fully saturated rings. The second kappa shape index (κ2) is 2.49. The fourth-order valence-electron chi connectivity index (χ4n) is 2.10. The van der Waals surface area contributed by atoms with Gasteiger partial charge in [0, 0.05) is 0 Å². The van der Waals surface area contributed by atoms with Crippen molar-refractivity contribution >= 4 is 44.7 Å². The molecule has 0 aliphatic carbocycles. The predicted octanol–water partition coefficient (Wildman–Crippen LogP) is 2.61. The van der Waals surface area contributed by atoms with Crippen LogP contribution in [0.15, 0.2) is 22.9 Å². The van der Waals surface area contributed by atoms with Crippen LogP contribution in [0.1, 0.15) is 0 Å². The first-order valence-electron chi connectivity index (χ1n) is 4.37. The van der Waals surface area contributed by atoms with E-state index >= 15 is 0 Å². The summed E-state index contributed by atoms with van der Waals surface area (Å²) < 4.78 is 3.40. The molecule has 0 nitrogen and oxygen atoms in total. The number of fused-ring (bicyclic) bond motifs is 3. The fraction of sp³-hybridized carbons (Fsp3) is 0.200. The standard InChI is InChI=1S/C10H10GeS2/c1-11(2)7-3-5-12-9(7)10-8(11)4-6-13-10/h3-6H,1-2H3. The van der Waals surface area contributed by atoms with Crippen LogP contribution >= 0.6 is 22.7 Å². The van der Waals surface area contributed by atoms with Gasteiger partial charge in [-0.1, -0.05) is 0 Å². The SMILES string of the molecule is [CH3][Ge]1([CH3])[c]2ccsc2-c2scc[c]21. The molecule has 3 heteroatoms. The topological polar surface area (TPSA) is 0 Å². The van der Waals surface area contributed by atoms with Gasteiger partial charge in [-0.3, -0.25) is 0 Å². The number of thiophene rings is 2. The second-order valence-electron chi connectivity index (χ2n) is 3.95. The molecule has 66 valence electrons. The Morgan fingerprint density at radius 2 is 1.38 bits per heavy atom. The Morgan fingerprint density at radius 1 is 0.923 bits per heavy atom. The molecule has 0 amide bonds. The Hall–Kier alpha value is -0.0571. The van der Waals surface area contributed by atoms with Gasteiger partial charge in [0.15, 0.2) is 0 Å². The van der Waals surface area contributed by atoms with Crippen LogP contribution in [0.2, 0.25) is 11.5 Å². The van der Waals surface area contributed by atoms with E-state index in [0.29, 0.717) is 0 Å². The summed E-state index contributed by atoms with van der Waals surface area (Å²) in [4.78, 5) is 3.16. The molecule has 0 saturated carbocycles. The van der Waals surface area contributed by atoms with Crippen LogP contribution in [0.25, 0.3) is 9.75 Å². The summed E-state index contributed by atoms with van der Waals surface area (Å²) in [6, 6.07) is 4.71. The van der Waals surface area contributed by atoms with E-state index in [0.717, 1.165) is 0 Å². The molecule has 1 aliphatic heterocycles. The minimum absolute atomic E-state index is 1.58. The quantitative estimate of drug-likeness (QED) is 0.643. The molecule has 13 heavy (non-hydrogen) atoms. The summed E-state index contributed by atoms with van der Waals surface area (Å²) >= 11 is 2.06. The van der Waals surface area contributed by atoms with E-state index in [2.05, 4.69) is 34.4 Å². The molecule has 3 heterocycles. The zero-order valence-corrected chi connectivity index (χ0v) is 11.4. The third kappa shape index (κ3) is 0.914. The zero-order chi connectivity index (χ0) is 9.05. The van der Waals surface area contributed by atoms with E-state index in [1.54, 1.807) is 18.5 Å². The zero-order valence-electron chi connectivity index (χ0n) is 7.63. The van der Waals surface area contributed by atoms with Crippen LogP contribution in [-0.2, 0) is 0 Å². The second-order valence-corrected chi connectivity index (χ2v) is 14.9. The van der Waals surface area contributed by atoms with E-state index in [-0.39, 0.29) is 0 Å². The van der Waals surface area contributed by atoms with Crippen molar-refractivity contribution in [3.8, 4) is 9.75 Å². The van der Waals surface area contributed by atoms with Crippen molar-refractivity contribution in [1.29, 1.82) is 0 Å². The molecule has 0 radical (unpaired) electrons. The van der Waals surface area contributed by atoms with Crippen LogP contribution in [0.4, 0.5) is 0 Å². The van der Waals surface area contributed by atoms with E-state index in [1.807, 2.05) is 22.7 Å². The van der Waals surface area contributed by atoms with Crippen molar-refractivity contribution < 1.29 is 0 Å². The summed E-state index contributed by atoms with van der Waals surface area (Å²) in [5.74, 6) is 5.01. The van der Waals surface area contributed by atoms with Gasteiger partial charge in [0.2, 0.25) is 0 Å². The van der Waals surface area contributed by atoms with Crippen molar-refractivity contribution in [1.82, 2.24) is 0 Å². The van der Waals surface area contributed by atoms with Gasteiger partial charge < -0.3 is 0 Å². The molecule has 3 rings (SSSR count). The molecule has 0 aromatic carbocycles. The van der Waals surface area contributed by atoms with Crippen molar-refractivity contribution in [3.05, 3.63) is 22.9 Å². The molecule has 0 atom stereocenters. The summed E-state index contributed by atoms with van der Waals surface area (Å²) in [5, 5.41) is 4.50. The molecule has 1 aliphatic rings. The fourth-order valence-corrected chi connectivity index (χ4v) is 13.8. The van der Waals surface area contributed by atoms with Gasteiger partial charge in [-0.2, -0.15) is 0 Å². The third-order valence-electron chi connectivity index (χ3n) is 2.88. The van der Waals surface area contributed by atoms with Crippen molar-refractivity contribution in [2.45, 2.75) is 11.5 Å². The molecule has 0 bridgehead atoms. The predicted molar refractivity (Wildman–Crippen MR) is 64.4 cm³/mol. The van der Waals surface area contributed by atoms with E-state index in [1.165, 1.54) is 0 Å². The summed E-state index contributed by atoms with van der Waals surface area (Å²) in [6.07, 6.45) is 0. The molecular formula is C10H10GeS2. The van der Waals surface area contributed by atoms with E-state index < -0.39 is 13.3 Å². The molecule has 2 aromatic rings. The van der Waals surface area contributed by atoms with Gasteiger partial charge in [-0.15, -0.1) is 0 Å². The van der Waals surface area contributed by atoms with Crippen LogP contribution in [-0.4, -0.2) is 13.3 Å². The molecule has 0 saturated heterocycles. The normalized spacial score (nSPS) is 17.1. The van der Waals surface area contributed by atoms with Gasteiger partial charge in [0.25, 0.3) is 0 Å². The van der Waals surface area contributed by atoms with Crippen LogP contribution in [0.5, 0.6) is 0 Å². The summed E-state index contributed by atoms with van der Waals surface area (Å²) in [5.41, 5.74) is 0. The third-order valence-corrected chi connectivity index (χ3v) is 13.0. The van der Waals surface area contributed by atoms with Crippen LogP contribution in [0, 0.1) is 0 Å². The summed E-state index contributed by atoms with van der Waals surface area (Å²) in [6.45, 7) is 0. The first-order valence-corrected chi connectivity index (χ1v) is 12.4. The molecule has 0 spiro atoms. The first kappa shape index (κ1) is 8.27. The molecule has 2 aromatic heterocycles. The van der Waals surface area contributed by atoms with Crippen molar-refractivity contribution in [3.63, 3.8) is 0 Å². The maximum atomic E-state index is 2.50. The Labute approximate surface area is 88.6 Å². The Bertz CT molecular complexity index is 422. The van der Waals surface area contributed by atoms with E-state index in [4.69, 9.17) is 0 Å². The first-order chi connectivity index (χ1) is 6.21. The van der Waals surface area contributed by atoms with Crippen molar-refractivity contribution in [2.24, 2.45) is 0 Å². The molecule has 0 N–H and O–H groups in total. The van der Waals surface area contributed by atoms with Crippen LogP contribution < -0.4 is 8.79 Å². The van der Waals surface area contributed by atoms with Gasteiger partial charge in [0.1, 0.15) is 0 Å². The van der Waals surface area contributed by atoms with Gasteiger partial charge in [-0.25, -0.2) is 0 Å². The monoisotopic (exact) mass is 268 g/mol. The average molecular weight is 267 g/mol. The van der Waals surface area contributed by atoms with Crippen molar-refractivity contribution in [2.75, 3.05) is 0 Å². The Kier molecular flexibility index (Phi) is 1.59. The Morgan fingerprint density at radius 3 is 1.85 bits per heavy atom. The van der Waals surface area contributed by atoms with Gasteiger partial charge in [0.05, 0.1) is 0 Å². The number of rotatable bonds is 0. The maximum absolute atomic E-state index is 2.50. The van der Waals surface area contributed by atoms with Crippen LogP contribution in [0.3, 0.4) is 0 Å². The minimum atomic E-state index is -1.78. The Balaban J connectivity index is 2.44. The molecular weight excluding hydrogens is 257 g/mol. The summed E-state index contributed by atoms with van der Waals surface area (Å²) in [7, 11) is 0. The van der Waals surface area contributed by atoms with Gasteiger partial charge >= 0.3 is 88.9 Å². The van der Waals surface area contributed by atoms with E-state index in [9.17, 15) is 0 Å².